The predicted molar refractivity (Wildman–Crippen MR) is 63.4 cm³/mol. The molecular formula is C10H6BrN5O. The van der Waals surface area contributed by atoms with Crippen molar-refractivity contribution in [3.63, 3.8) is 0 Å². The number of rotatable bonds is 1. The van der Waals surface area contributed by atoms with Gasteiger partial charge in [0.05, 0.1) is 5.56 Å². The molecule has 0 amide bonds. The number of nitrogens with zero attached hydrogens (tertiary/aromatic N) is 5. The van der Waals surface area contributed by atoms with Gasteiger partial charge in [0.2, 0.25) is 0 Å². The molecule has 0 radical (unpaired) electrons. The Kier molecular flexibility index (Phi) is 2.25. The Labute approximate surface area is 104 Å². The molecule has 7 heteroatoms. The minimum absolute atomic E-state index is 0.0170. The molecule has 0 atom stereocenters. The van der Waals surface area contributed by atoms with Crippen molar-refractivity contribution in [1.29, 1.82) is 0 Å². The maximum Gasteiger partial charge on any atom is 0.252 e. The molecule has 0 aromatic carbocycles. The molecule has 0 aliphatic rings. The van der Waals surface area contributed by atoms with Gasteiger partial charge in [-0.15, -0.1) is 5.10 Å². The van der Waals surface area contributed by atoms with Crippen molar-refractivity contribution in [2.75, 3.05) is 0 Å². The lowest BCUT2D eigenvalue weighted by molar-refractivity contribution is 0.470. The van der Waals surface area contributed by atoms with E-state index >= 15 is 0 Å². The Bertz CT molecular complexity index is 663. The normalized spacial score (nSPS) is 10.9. The van der Waals surface area contributed by atoms with Gasteiger partial charge in [0.15, 0.2) is 11.6 Å². The minimum atomic E-state index is 0.0170. The SMILES string of the molecule is Oc1c(-c2nc3ncccn3n2)ccnc1Br. The number of hydrogen-bond donors (Lipinski definition) is 1. The largest absolute Gasteiger partial charge is 0.504 e. The highest BCUT2D eigenvalue weighted by molar-refractivity contribution is 9.10. The van der Waals surface area contributed by atoms with Crippen molar-refractivity contribution in [3.05, 3.63) is 35.3 Å². The van der Waals surface area contributed by atoms with E-state index in [-0.39, 0.29) is 5.75 Å². The number of hydrogen-bond acceptors (Lipinski definition) is 5. The Morgan fingerprint density at radius 2 is 2.12 bits per heavy atom. The average Bonchev–Trinajstić information content (AvgIpc) is 2.76. The molecule has 0 saturated carbocycles. The fourth-order valence-electron chi connectivity index (χ4n) is 1.46. The third-order valence-corrected chi connectivity index (χ3v) is 2.82. The second-order valence-electron chi connectivity index (χ2n) is 3.30. The Hall–Kier alpha value is -2.02. The molecule has 17 heavy (non-hydrogen) atoms. The van der Waals surface area contributed by atoms with Gasteiger partial charge in [0.1, 0.15) is 4.60 Å². The maximum atomic E-state index is 9.86. The van der Waals surface area contributed by atoms with Gasteiger partial charge in [-0.05, 0) is 28.1 Å². The van der Waals surface area contributed by atoms with Gasteiger partial charge >= 0.3 is 0 Å². The van der Waals surface area contributed by atoms with Crippen LogP contribution in [0.25, 0.3) is 17.2 Å². The van der Waals surface area contributed by atoms with E-state index in [1.807, 2.05) is 0 Å². The maximum absolute atomic E-state index is 9.86. The van der Waals surface area contributed by atoms with E-state index in [1.54, 1.807) is 35.2 Å². The van der Waals surface area contributed by atoms with Crippen LogP contribution in [0.4, 0.5) is 0 Å². The average molecular weight is 292 g/mol. The van der Waals surface area contributed by atoms with E-state index in [0.29, 0.717) is 21.8 Å². The van der Waals surface area contributed by atoms with Gasteiger partial charge in [-0.25, -0.2) is 14.5 Å². The van der Waals surface area contributed by atoms with Crippen LogP contribution in [-0.2, 0) is 0 Å². The summed E-state index contributed by atoms with van der Waals surface area (Å²) in [5.41, 5.74) is 0.511. The van der Waals surface area contributed by atoms with Gasteiger partial charge in [0, 0.05) is 18.6 Å². The summed E-state index contributed by atoms with van der Waals surface area (Å²) in [7, 11) is 0. The Balaban J connectivity index is 2.24. The van der Waals surface area contributed by atoms with Gasteiger partial charge in [-0.3, -0.25) is 0 Å². The molecule has 3 aromatic heterocycles. The van der Waals surface area contributed by atoms with Crippen LogP contribution in [-0.4, -0.2) is 29.7 Å². The predicted octanol–water partition coefficient (Wildman–Crippen LogP) is 1.65. The van der Waals surface area contributed by atoms with Crippen LogP contribution in [0.2, 0.25) is 0 Å². The van der Waals surface area contributed by atoms with Crippen molar-refractivity contribution in [2.24, 2.45) is 0 Å². The molecule has 3 aromatic rings. The lowest BCUT2D eigenvalue weighted by Gasteiger charge is -1.99. The van der Waals surface area contributed by atoms with Crippen molar-refractivity contribution in [1.82, 2.24) is 24.6 Å². The van der Waals surface area contributed by atoms with Crippen molar-refractivity contribution in [3.8, 4) is 17.1 Å². The van der Waals surface area contributed by atoms with Gasteiger partial charge in [0.25, 0.3) is 5.78 Å². The van der Waals surface area contributed by atoms with Gasteiger partial charge < -0.3 is 5.11 Å². The molecular weight excluding hydrogens is 286 g/mol. The lowest BCUT2D eigenvalue weighted by Crippen LogP contribution is -1.88. The number of aromatic nitrogens is 5. The molecule has 0 aliphatic heterocycles. The topological polar surface area (TPSA) is 76.2 Å². The molecule has 0 unspecified atom stereocenters. The standard InChI is InChI=1S/C10H6BrN5O/c11-8-7(17)6(2-4-12-8)9-14-10-13-3-1-5-16(10)15-9/h1-5,17H. The van der Waals surface area contributed by atoms with Crippen molar-refractivity contribution >= 4 is 21.7 Å². The first-order chi connectivity index (χ1) is 8.25. The summed E-state index contributed by atoms with van der Waals surface area (Å²) in [4.78, 5) is 12.2. The van der Waals surface area contributed by atoms with Crippen molar-refractivity contribution in [2.45, 2.75) is 0 Å². The highest BCUT2D eigenvalue weighted by Crippen LogP contribution is 2.31. The van der Waals surface area contributed by atoms with Gasteiger partial charge in [-0.2, -0.15) is 4.98 Å². The van der Waals surface area contributed by atoms with Crippen molar-refractivity contribution < 1.29 is 5.11 Å². The van der Waals surface area contributed by atoms with E-state index in [1.165, 1.54) is 0 Å². The smallest absolute Gasteiger partial charge is 0.252 e. The second kappa shape index (κ2) is 3.77. The first-order valence-corrected chi connectivity index (χ1v) is 5.56. The Morgan fingerprint density at radius 3 is 2.94 bits per heavy atom. The zero-order valence-electron chi connectivity index (χ0n) is 8.45. The molecule has 3 rings (SSSR count). The quantitative estimate of drug-likeness (QED) is 0.690. The summed E-state index contributed by atoms with van der Waals surface area (Å²) in [5, 5.41) is 14.1. The van der Waals surface area contributed by atoms with Crippen LogP contribution in [0.3, 0.4) is 0 Å². The van der Waals surface area contributed by atoms with Crippen LogP contribution in [0.1, 0.15) is 0 Å². The van der Waals surface area contributed by atoms with Crippen LogP contribution >= 0.6 is 15.9 Å². The number of halogens is 1. The first kappa shape index (κ1) is 10.2. The molecule has 0 aliphatic carbocycles. The highest BCUT2D eigenvalue weighted by atomic mass is 79.9. The highest BCUT2D eigenvalue weighted by Gasteiger charge is 2.13. The monoisotopic (exact) mass is 291 g/mol. The number of pyridine rings is 1. The second-order valence-corrected chi connectivity index (χ2v) is 4.05. The summed E-state index contributed by atoms with van der Waals surface area (Å²) in [6.45, 7) is 0. The summed E-state index contributed by atoms with van der Waals surface area (Å²) >= 11 is 3.15. The zero-order valence-corrected chi connectivity index (χ0v) is 10.0. The summed E-state index contributed by atoms with van der Waals surface area (Å²) < 4.78 is 1.91. The third kappa shape index (κ3) is 1.64. The molecule has 84 valence electrons. The van der Waals surface area contributed by atoms with Crippen LogP contribution in [0.5, 0.6) is 5.75 Å². The van der Waals surface area contributed by atoms with E-state index < -0.39 is 0 Å². The fraction of sp³-hybridized carbons (Fsp3) is 0. The molecule has 6 nitrogen and oxygen atoms in total. The first-order valence-electron chi connectivity index (χ1n) is 4.77. The fourth-order valence-corrected chi connectivity index (χ4v) is 1.79. The van der Waals surface area contributed by atoms with Gasteiger partial charge in [-0.1, -0.05) is 0 Å². The number of aromatic hydroxyl groups is 1. The van der Waals surface area contributed by atoms with E-state index in [4.69, 9.17) is 0 Å². The molecule has 3 heterocycles. The summed E-state index contributed by atoms with van der Waals surface area (Å²) in [6.07, 6.45) is 4.94. The van der Waals surface area contributed by atoms with E-state index in [9.17, 15) is 5.11 Å². The molecule has 0 saturated heterocycles. The van der Waals surface area contributed by atoms with E-state index in [2.05, 4.69) is 36.0 Å². The lowest BCUT2D eigenvalue weighted by atomic mass is 10.2. The number of fused-ring (bicyclic) bond motifs is 1. The molecule has 0 bridgehead atoms. The van der Waals surface area contributed by atoms with Crippen LogP contribution in [0, 0.1) is 0 Å². The van der Waals surface area contributed by atoms with Crippen LogP contribution in [0.15, 0.2) is 35.3 Å². The molecule has 0 spiro atoms. The third-order valence-electron chi connectivity index (χ3n) is 2.24. The minimum Gasteiger partial charge on any atom is -0.504 e. The summed E-state index contributed by atoms with van der Waals surface area (Å²) in [6, 6.07) is 3.41. The van der Waals surface area contributed by atoms with Crippen LogP contribution < -0.4 is 0 Å². The zero-order chi connectivity index (χ0) is 11.8. The molecule has 1 N–H and O–H groups in total. The molecule has 0 fully saturated rings. The Morgan fingerprint density at radius 1 is 1.24 bits per heavy atom. The van der Waals surface area contributed by atoms with E-state index in [0.717, 1.165) is 0 Å². The summed E-state index contributed by atoms with van der Waals surface area (Å²) in [5.74, 6) is 0.905.